The summed E-state index contributed by atoms with van der Waals surface area (Å²) < 4.78 is 2.06. The molecule has 2 nitrogen and oxygen atoms in total. The summed E-state index contributed by atoms with van der Waals surface area (Å²) in [4.78, 5) is 0. The zero-order chi connectivity index (χ0) is 12.5. The van der Waals surface area contributed by atoms with Crippen molar-refractivity contribution in [1.29, 1.82) is 0 Å². The molecular weight excluding hydrogens is 222 g/mol. The van der Waals surface area contributed by atoms with E-state index in [0.29, 0.717) is 5.75 Å². The Labute approximate surface area is 106 Å². The fourth-order valence-corrected chi connectivity index (χ4v) is 2.25. The Morgan fingerprint density at radius 2 is 1.56 bits per heavy atom. The number of aryl methyl sites for hydroxylation is 1. The van der Waals surface area contributed by atoms with Crippen LogP contribution in [0.4, 0.5) is 0 Å². The van der Waals surface area contributed by atoms with Crippen LogP contribution in [0.2, 0.25) is 0 Å². The molecule has 0 aliphatic rings. The van der Waals surface area contributed by atoms with E-state index in [1.54, 1.807) is 0 Å². The monoisotopic (exact) mass is 236 g/mol. The van der Waals surface area contributed by atoms with Crippen molar-refractivity contribution >= 4 is 10.8 Å². The topological polar surface area (TPSA) is 24.1 Å². The number of benzene rings is 2. The van der Waals surface area contributed by atoms with E-state index in [1.165, 1.54) is 0 Å². The highest BCUT2D eigenvalue weighted by atomic mass is 16.3. The van der Waals surface area contributed by atoms with Crippen molar-refractivity contribution in [2.75, 3.05) is 0 Å². The second-order valence-corrected chi connectivity index (χ2v) is 4.39. The number of rotatable bonds is 1. The lowest BCUT2D eigenvalue weighted by Gasteiger charge is -2.06. The molecule has 3 rings (SSSR count). The Hall–Kier alpha value is -2.35. The van der Waals surface area contributed by atoms with Crippen LogP contribution in [0.25, 0.3) is 16.5 Å². The van der Waals surface area contributed by atoms with Gasteiger partial charge in [0.05, 0.1) is 5.39 Å². The number of aromatic hydroxyl groups is 1. The molecule has 0 unspecified atom stereocenters. The number of fused-ring (bicyclic) bond motifs is 1. The Morgan fingerprint density at radius 3 is 2.28 bits per heavy atom. The first-order chi connectivity index (χ1) is 8.77. The summed E-state index contributed by atoms with van der Waals surface area (Å²) in [6, 6.07) is 15.9. The minimum absolute atomic E-state index is 0.367. The van der Waals surface area contributed by atoms with Crippen molar-refractivity contribution in [3.05, 3.63) is 66.5 Å². The van der Waals surface area contributed by atoms with Crippen molar-refractivity contribution in [2.45, 2.75) is 6.92 Å². The molecule has 0 saturated carbocycles. The Morgan fingerprint density at radius 1 is 0.889 bits per heavy atom. The van der Waals surface area contributed by atoms with Gasteiger partial charge in [-0.2, -0.15) is 4.57 Å². The van der Waals surface area contributed by atoms with Crippen molar-refractivity contribution in [3.63, 3.8) is 0 Å². The lowest BCUT2D eigenvalue weighted by atomic mass is 10.0. The number of hydrogen-bond acceptors (Lipinski definition) is 1. The number of phenols is 1. The minimum atomic E-state index is 0.367. The third kappa shape index (κ3) is 1.63. The van der Waals surface area contributed by atoms with Crippen LogP contribution in [0, 0.1) is 6.92 Å². The zero-order valence-corrected chi connectivity index (χ0v) is 10.2. The summed E-state index contributed by atoms with van der Waals surface area (Å²) in [5.41, 5.74) is 1.97. The van der Waals surface area contributed by atoms with Gasteiger partial charge in [0, 0.05) is 23.6 Å². The molecule has 3 aromatic rings. The highest BCUT2D eigenvalue weighted by Gasteiger charge is 2.14. The molecule has 2 heteroatoms. The molecule has 1 heterocycles. The van der Waals surface area contributed by atoms with E-state index in [1.807, 2.05) is 67.8 Å². The van der Waals surface area contributed by atoms with Gasteiger partial charge in [0.15, 0.2) is 12.4 Å². The average Bonchev–Trinajstić information content (AvgIpc) is 2.44. The molecule has 0 saturated heterocycles. The first-order valence-electron chi connectivity index (χ1n) is 5.95. The Bertz CT molecular complexity index is 705. The predicted molar refractivity (Wildman–Crippen MR) is 71.9 cm³/mol. The van der Waals surface area contributed by atoms with Gasteiger partial charge in [0.1, 0.15) is 5.75 Å². The van der Waals surface area contributed by atoms with Crippen molar-refractivity contribution < 1.29 is 9.67 Å². The molecule has 0 atom stereocenters. The van der Waals surface area contributed by atoms with Crippen LogP contribution in [0.15, 0.2) is 60.9 Å². The van der Waals surface area contributed by atoms with E-state index in [2.05, 4.69) is 4.57 Å². The quantitative estimate of drug-likeness (QED) is 0.645. The molecule has 1 aromatic heterocycles. The molecule has 0 spiro atoms. The fraction of sp³-hybridized carbons (Fsp3) is 0.0625. The summed E-state index contributed by atoms with van der Waals surface area (Å²) in [6.45, 7) is 1.93. The van der Waals surface area contributed by atoms with E-state index < -0.39 is 0 Å². The van der Waals surface area contributed by atoms with Gasteiger partial charge in [0.25, 0.3) is 0 Å². The Kier molecular flexibility index (Phi) is 2.49. The molecule has 0 amide bonds. The summed E-state index contributed by atoms with van der Waals surface area (Å²) >= 11 is 0. The van der Waals surface area contributed by atoms with Gasteiger partial charge in [-0.05, 0) is 18.6 Å². The van der Waals surface area contributed by atoms with Crippen LogP contribution in [0.5, 0.6) is 5.75 Å². The first kappa shape index (κ1) is 10.8. The van der Waals surface area contributed by atoms with Crippen LogP contribution in [0.3, 0.4) is 0 Å². The summed E-state index contributed by atoms with van der Waals surface area (Å²) in [6.07, 6.45) is 4.02. The molecule has 0 aliphatic carbocycles. The van der Waals surface area contributed by atoms with Gasteiger partial charge in [-0.1, -0.05) is 24.3 Å². The van der Waals surface area contributed by atoms with E-state index in [0.717, 1.165) is 22.0 Å². The first-order valence-corrected chi connectivity index (χ1v) is 5.95. The van der Waals surface area contributed by atoms with Crippen LogP contribution < -0.4 is 4.57 Å². The smallest absolute Gasteiger partial charge is 0.219 e. The standard InChI is InChI=1S/C16H13NO/c1-12-11-15(17-9-5-2-6-10-17)13-7-3-4-8-14(13)16(12)18/h2-11H,1H3/p+1. The molecule has 88 valence electrons. The maximum Gasteiger partial charge on any atom is 0.219 e. The van der Waals surface area contributed by atoms with E-state index in [-0.39, 0.29) is 0 Å². The van der Waals surface area contributed by atoms with Gasteiger partial charge in [-0.3, -0.25) is 0 Å². The lowest BCUT2D eigenvalue weighted by Crippen LogP contribution is -2.29. The normalized spacial score (nSPS) is 10.7. The maximum atomic E-state index is 10.1. The number of pyridine rings is 1. The zero-order valence-electron chi connectivity index (χ0n) is 10.2. The van der Waals surface area contributed by atoms with Gasteiger partial charge >= 0.3 is 0 Å². The molecular formula is C16H14NO+. The summed E-state index contributed by atoms with van der Waals surface area (Å²) in [7, 11) is 0. The third-order valence-corrected chi connectivity index (χ3v) is 3.18. The van der Waals surface area contributed by atoms with Crippen LogP contribution in [-0.4, -0.2) is 5.11 Å². The lowest BCUT2D eigenvalue weighted by molar-refractivity contribution is -0.594. The van der Waals surface area contributed by atoms with Gasteiger partial charge in [-0.25, -0.2) is 0 Å². The molecule has 2 aromatic carbocycles. The van der Waals surface area contributed by atoms with Gasteiger partial charge in [-0.15, -0.1) is 0 Å². The van der Waals surface area contributed by atoms with E-state index >= 15 is 0 Å². The van der Waals surface area contributed by atoms with Crippen molar-refractivity contribution in [2.24, 2.45) is 0 Å². The summed E-state index contributed by atoms with van der Waals surface area (Å²) in [5, 5.41) is 12.1. The second kappa shape index (κ2) is 4.15. The van der Waals surface area contributed by atoms with Crippen LogP contribution >= 0.6 is 0 Å². The number of hydrogen-bond donors (Lipinski definition) is 1. The molecule has 0 aliphatic heterocycles. The van der Waals surface area contributed by atoms with Crippen molar-refractivity contribution in [3.8, 4) is 11.4 Å². The molecule has 0 radical (unpaired) electrons. The molecule has 18 heavy (non-hydrogen) atoms. The maximum absolute atomic E-state index is 10.1. The third-order valence-electron chi connectivity index (χ3n) is 3.18. The van der Waals surface area contributed by atoms with E-state index in [9.17, 15) is 5.11 Å². The molecule has 0 bridgehead atoms. The average molecular weight is 236 g/mol. The van der Waals surface area contributed by atoms with Gasteiger partial charge < -0.3 is 5.11 Å². The predicted octanol–water partition coefficient (Wildman–Crippen LogP) is 3.13. The fourth-order valence-electron chi connectivity index (χ4n) is 2.25. The number of aromatic nitrogens is 1. The SMILES string of the molecule is Cc1cc(-[n+]2ccccc2)c2ccccc2c1O. The van der Waals surface area contributed by atoms with E-state index in [4.69, 9.17) is 0 Å². The summed E-state index contributed by atoms with van der Waals surface area (Å²) in [5.74, 6) is 0.367. The van der Waals surface area contributed by atoms with Crippen molar-refractivity contribution in [1.82, 2.24) is 0 Å². The largest absolute Gasteiger partial charge is 0.507 e. The van der Waals surface area contributed by atoms with Crippen LogP contribution in [0.1, 0.15) is 5.56 Å². The second-order valence-electron chi connectivity index (χ2n) is 4.39. The van der Waals surface area contributed by atoms with Gasteiger partial charge in [0.2, 0.25) is 5.69 Å². The minimum Gasteiger partial charge on any atom is -0.507 e. The number of nitrogens with zero attached hydrogens (tertiary/aromatic N) is 1. The highest BCUT2D eigenvalue weighted by molar-refractivity contribution is 5.94. The number of phenolic OH excluding ortho intramolecular Hbond substituents is 1. The highest BCUT2D eigenvalue weighted by Crippen LogP contribution is 2.31. The van der Waals surface area contributed by atoms with Crippen LogP contribution in [-0.2, 0) is 0 Å². The molecule has 0 fully saturated rings. The molecule has 1 N–H and O–H groups in total. The Balaban J connectivity index is 2.40.